The average molecular weight is 424 g/mol. The monoisotopic (exact) mass is 423 g/mol. The second-order valence-corrected chi connectivity index (χ2v) is 8.76. The van der Waals surface area contributed by atoms with E-state index in [9.17, 15) is 0 Å². The quantitative estimate of drug-likeness (QED) is 0.268. The molecular weight excluding hydrogens is 398 g/mol. The molecule has 0 amide bonds. The van der Waals surface area contributed by atoms with Gasteiger partial charge in [-0.05, 0) is 83.6 Å². The molecule has 1 heteroatoms. The molecule has 0 N–H and O–H groups in total. The summed E-state index contributed by atoms with van der Waals surface area (Å²) in [4.78, 5) is 0. The Hall–Kier alpha value is -4.10. The van der Waals surface area contributed by atoms with Gasteiger partial charge in [-0.15, -0.1) is 0 Å². The van der Waals surface area contributed by atoms with E-state index >= 15 is 0 Å². The van der Waals surface area contributed by atoms with Crippen LogP contribution < -0.4 is 0 Å². The van der Waals surface area contributed by atoms with Gasteiger partial charge in [0, 0.05) is 16.5 Å². The van der Waals surface area contributed by atoms with E-state index in [1.165, 1.54) is 60.9 Å². The molecule has 0 aliphatic heterocycles. The normalized spacial score (nSPS) is 11.3. The van der Waals surface area contributed by atoms with Crippen molar-refractivity contribution in [1.29, 1.82) is 0 Å². The first-order valence-electron chi connectivity index (χ1n) is 11.5. The Bertz CT molecular complexity index is 1520. The summed E-state index contributed by atoms with van der Waals surface area (Å²) >= 11 is 0. The highest BCUT2D eigenvalue weighted by Gasteiger charge is 2.15. The van der Waals surface area contributed by atoms with Crippen LogP contribution in [0.4, 0.5) is 0 Å². The number of nitrogens with zero attached hydrogens (tertiary/aromatic N) is 1. The summed E-state index contributed by atoms with van der Waals surface area (Å²) in [5.74, 6) is 0. The molecule has 0 spiro atoms. The minimum Gasteiger partial charge on any atom is -0.309 e. The zero-order chi connectivity index (χ0) is 22.4. The van der Waals surface area contributed by atoms with Crippen LogP contribution in [0.1, 0.15) is 11.1 Å². The van der Waals surface area contributed by atoms with Gasteiger partial charge in [-0.3, -0.25) is 0 Å². The number of aryl methyl sites for hydroxylation is 2. The highest BCUT2D eigenvalue weighted by atomic mass is 15.0. The summed E-state index contributed by atoms with van der Waals surface area (Å²) in [5.41, 5.74) is 11.3. The van der Waals surface area contributed by atoms with E-state index in [-0.39, 0.29) is 0 Å². The van der Waals surface area contributed by atoms with E-state index in [2.05, 4.69) is 134 Å². The molecule has 0 aliphatic carbocycles. The lowest BCUT2D eigenvalue weighted by Gasteiger charge is -2.09. The third kappa shape index (κ3) is 3.25. The van der Waals surface area contributed by atoms with Gasteiger partial charge < -0.3 is 4.57 Å². The molecule has 158 valence electrons. The van der Waals surface area contributed by atoms with Crippen LogP contribution in [0.15, 0.2) is 115 Å². The SMILES string of the molecule is Cc1ccccc1-c1ccc2c(c1)c1cc(-c3ccccc3C)ccc1n2-c1ccccc1. The molecule has 5 aromatic carbocycles. The summed E-state index contributed by atoms with van der Waals surface area (Å²) in [6.45, 7) is 4.37. The molecule has 0 fully saturated rings. The van der Waals surface area contributed by atoms with Gasteiger partial charge in [-0.25, -0.2) is 0 Å². The molecule has 0 aliphatic rings. The molecule has 0 bridgehead atoms. The standard InChI is InChI=1S/C32H25N/c1-22-10-6-8-14-27(22)24-16-18-31-29(20-24)30-21-25(28-15-9-7-11-23(28)2)17-19-32(30)33(31)26-12-4-3-5-13-26/h3-21H,1-2H3. The summed E-state index contributed by atoms with van der Waals surface area (Å²) in [7, 11) is 0. The van der Waals surface area contributed by atoms with Gasteiger partial charge in [0.2, 0.25) is 0 Å². The smallest absolute Gasteiger partial charge is 0.0541 e. The van der Waals surface area contributed by atoms with Crippen molar-refractivity contribution in [3.05, 3.63) is 126 Å². The van der Waals surface area contributed by atoms with E-state index in [0.717, 1.165) is 0 Å². The molecule has 6 aromatic rings. The summed E-state index contributed by atoms with van der Waals surface area (Å²) < 4.78 is 2.38. The number of hydrogen-bond donors (Lipinski definition) is 0. The molecule has 0 saturated carbocycles. The van der Waals surface area contributed by atoms with Crippen molar-refractivity contribution in [1.82, 2.24) is 4.57 Å². The van der Waals surface area contributed by atoms with E-state index in [1.807, 2.05) is 0 Å². The summed E-state index contributed by atoms with van der Waals surface area (Å²) in [5, 5.41) is 2.56. The lowest BCUT2D eigenvalue weighted by atomic mass is 9.97. The molecule has 0 saturated heterocycles. The molecule has 1 heterocycles. The highest BCUT2D eigenvalue weighted by molar-refractivity contribution is 6.11. The van der Waals surface area contributed by atoms with Gasteiger partial charge in [-0.2, -0.15) is 0 Å². The van der Waals surface area contributed by atoms with Crippen molar-refractivity contribution in [2.45, 2.75) is 13.8 Å². The number of aromatic nitrogens is 1. The van der Waals surface area contributed by atoms with Gasteiger partial charge >= 0.3 is 0 Å². The van der Waals surface area contributed by atoms with E-state index in [1.54, 1.807) is 0 Å². The van der Waals surface area contributed by atoms with Gasteiger partial charge in [0.15, 0.2) is 0 Å². The van der Waals surface area contributed by atoms with E-state index in [4.69, 9.17) is 0 Å². The fourth-order valence-electron chi connectivity index (χ4n) is 5.01. The first-order chi connectivity index (χ1) is 16.2. The zero-order valence-corrected chi connectivity index (χ0v) is 18.9. The Morgan fingerprint density at radius 2 is 0.909 bits per heavy atom. The van der Waals surface area contributed by atoms with Crippen LogP contribution in [-0.2, 0) is 0 Å². The Kier molecular flexibility index (Phi) is 4.62. The maximum Gasteiger partial charge on any atom is 0.0541 e. The van der Waals surface area contributed by atoms with Crippen molar-refractivity contribution in [2.75, 3.05) is 0 Å². The number of hydrogen-bond acceptors (Lipinski definition) is 0. The number of benzene rings is 5. The first kappa shape index (κ1) is 19.6. The maximum atomic E-state index is 2.38. The molecule has 0 radical (unpaired) electrons. The van der Waals surface area contributed by atoms with Crippen molar-refractivity contribution in [3.63, 3.8) is 0 Å². The van der Waals surface area contributed by atoms with Crippen LogP contribution in [0.2, 0.25) is 0 Å². The average Bonchev–Trinajstić information content (AvgIpc) is 3.18. The van der Waals surface area contributed by atoms with Crippen molar-refractivity contribution < 1.29 is 0 Å². The predicted molar refractivity (Wildman–Crippen MR) is 141 cm³/mol. The fraction of sp³-hybridized carbons (Fsp3) is 0.0625. The predicted octanol–water partition coefficient (Wildman–Crippen LogP) is 8.73. The zero-order valence-electron chi connectivity index (χ0n) is 18.9. The molecular formula is C32H25N. The van der Waals surface area contributed by atoms with Crippen LogP contribution in [0.3, 0.4) is 0 Å². The Balaban J connectivity index is 1.68. The molecule has 6 rings (SSSR count). The highest BCUT2D eigenvalue weighted by Crippen LogP contribution is 2.37. The number of fused-ring (bicyclic) bond motifs is 3. The third-order valence-electron chi connectivity index (χ3n) is 6.69. The molecule has 0 atom stereocenters. The van der Waals surface area contributed by atoms with Crippen LogP contribution >= 0.6 is 0 Å². The lowest BCUT2D eigenvalue weighted by Crippen LogP contribution is -1.93. The fourth-order valence-corrected chi connectivity index (χ4v) is 5.01. The Morgan fingerprint density at radius 1 is 0.455 bits per heavy atom. The van der Waals surface area contributed by atoms with Crippen LogP contribution in [0.25, 0.3) is 49.7 Å². The second-order valence-electron chi connectivity index (χ2n) is 8.76. The number of rotatable bonds is 3. The molecule has 33 heavy (non-hydrogen) atoms. The topological polar surface area (TPSA) is 4.93 Å². The first-order valence-corrected chi connectivity index (χ1v) is 11.5. The third-order valence-corrected chi connectivity index (χ3v) is 6.69. The minimum atomic E-state index is 1.18. The van der Waals surface area contributed by atoms with Gasteiger partial charge in [0.1, 0.15) is 0 Å². The molecule has 1 nitrogen and oxygen atoms in total. The van der Waals surface area contributed by atoms with Crippen LogP contribution in [0, 0.1) is 13.8 Å². The van der Waals surface area contributed by atoms with Crippen molar-refractivity contribution in [2.24, 2.45) is 0 Å². The van der Waals surface area contributed by atoms with Gasteiger partial charge in [0.05, 0.1) is 11.0 Å². The molecule has 1 aromatic heterocycles. The van der Waals surface area contributed by atoms with Crippen molar-refractivity contribution in [3.8, 4) is 27.9 Å². The Labute approximate surface area is 194 Å². The Morgan fingerprint density at radius 3 is 1.39 bits per heavy atom. The van der Waals surface area contributed by atoms with E-state index in [0.29, 0.717) is 0 Å². The van der Waals surface area contributed by atoms with Crippen LogP contribution in [0.5, 0.6) is 0 Å². The lowest BCUT2D eigenvalue weighted by molar-refractivity contribution is 1.18. The molecule has 0 unspecified atom stereocenters. The van der Waals surface area contributed by atoms with Gasteiger partial charge in [0.25, 0.3) is 0 Å². The van der Waals surface area contributed by atoms with Gasteiger partial charge in [-0.1, -0.05) is 78.9 Å². The van der Waals surface area contributed by atoms with E-state index < -0.39 is 0 Å². The summed E-state index contributed by atoms with van der Waals surface area (Å²) in [6.07, 6.45) is 0. The van der Waals surface area contributed by atoms with Crippen molar-refractivity contribution >= 4 is 21.8 Å². The maximum absolute atomic E-state index is 2.38. The largest absolute Gasteiger partial charge is 0.309 e. The second kappa shape index (κ2) is 7.79. The minimum absolute atomic E-state index is 1.18. The van der Waals surface area contributed by atoms with Crippen LogP contribution in [-0.4, -0.2) is 4.57 Å². The summed E-state index contributed by atoms with van der Waals surface area (Å²) in [6, 6.07) is 41.7. The number of para-hydroxylation sites is 1.